The number of esters is 1. The third kappa shape index (κ3) is 2.23. The summed E-state index contributed by atoms with van der Waals surface area (Å²) in [4.78, 5) is 23.2. The molecule has 0 heterocycles. The van der Waals surface area contributed by atoms with E-state index in [1.807, 2.05) is 18.2 Å². The Morgan fingerprint density at radius 2 is 2.18 bits per heavy atom. The van der Waals surface area contributed by atoms with Gasteiger partial charge in [0.25, 0.3) is 0 Å². The predicted octanol–water partition coefficient (Wildman–Crippen LogP) is 2.48. The molecule has 0 N–H and O–H groups in total. The molecule has 0 saturated carbocycles. The molecular formula is C14H16O3. The highest BCUT2D eigenvalue weighted by molar-refractivity contribution is 6.00. The number of rotatable bonds is 3. The number of carbonyl (C=O) groups is 2. The van der Waals surface area contributed by atoms with Crippen molar-refractivity contribution < 1.29 is 14.3 Å². The molecule has 0 bridgehead atoms. The standard InChI is InChI=1S/C14H16O3/c1-3-17-14(16)9(2)11-5-4-10-6-7-13(15)12(10)8-11/h4-5,8-9H,3,6-7H2,1-2H3/t9-/m1/s1. The van der Waals surface area contributed by atoms with Crippen molar-refractivity contribution in [1.82, 2.24) is 0 Å². The number of benzene rings is 1. The zero-order valence-corrected chi connectivity index (χ0v) is 10.2. The largest absolute Gasteiger partial charge is 0.466 e. The molecule has 0 aliphatic heterocycles. The van der Waals surface area contributed by atoms with Crippen molar-refractivity contribution in [3.63, 3.8) is 0 Å². The molecule has 1 atom stereocenters. The van der Waals surface area contributed by atoms with Crippen LogP contribution in [-0.2, 0) is 16.0 Å². The Labute approximate surface area is 101 Å². The highest BCUT2D eigenvalue weighted by Crippen LogP contribution is 2.26. The molecule has 0 aromatic heterocycles. The van der Waals surface area contributed by atoms with Crippen molar-refractivity contribution in [2.24, 2.45) is 0 Å². The van der Waals surface area contributed by atoms with Gasteiger partial charge in [0, 0.05) is 12.0 Å². The summed E-state index contributed by atoms with van der Waals surface area (Å²) >= 11 is 0. The molecule has 17 heavy (non-hydrogen) atoms. The Bertz CT molecular complexity index is 463. The van der Waals surface area contributed by atoms with Crippen molar-refractivity contribution in [1.29, 1.82) is 0 Å². The van der Waals surface area contributed by atoms with Crippen LogP contribution in [0.25, 0.3) is 0 Å². The molecule has 2 rings (SSSR count). The van der Waals surface area contributed by atoms with E-state index in [0.29, 0.717) is 13.0 Å². The van der Waals surface area contributed by atoms with Gasteiger partial charge in [0.2, 0.25) is 0 Å². The third-order valence-electron chi connectivity index (χ3n) is 3.20. The fraction of sp³-hybridized carbons (Fsp3) is 0.429. The van der Waals surface area contributed by atoms with Crippen LogP contribution in [0.1, 0.15) is 47.7 Å². The maximum Gasteiger partial charge on any atom is 0.313 e. The first-order valence-electron chi connectivity index (χ1n) is 5.96. The Morgan fingerprint density at radius 1 is 1.41 bits per heavy atom. The smallest absolute Gasteiger partial charge is 0.313 e. The molecule has 3 nitrogen and oxygen atoms in total. The van der Waals surface area contributed by atoms with Gasteiger partial charge in [0.15, 0.2) is 5.78 Å². The van der Waals surface area contributed by atoms with Gasteiger partial charge in [0.05, 0.1) is 12.5 Å². The van der Waals surface area contributed by atoms with Crippen LogP contribution < -0.4 is 0 Å². The lowest BCUT2D eigenvalue weighted by Crippen LogP contribution is -2.13. The average molecular weight is 232 g/mol. The number of hydrogen-bond acceptors (Lipinski definition) is 3. The molecule has 3 heteroatoms. The Kier molecular flexibility index (Phi) is 3.27. The van der Waals surface area contributed by atoms with Crippen molar-refractivity contribution in [2.45, 2.75) is 32.6 Å². The van der Waals surface area contributed by atoms with E-state index in [4.69, 9.17) is 4.74 Å². The maximum atomic E-state index is 11.6. The van der Waals surface area contributed by atoms with Gasteiger partial charge in [-0.25, -0.2) is 0 Å². The first kappa shape index (κ1) is 11.8. The fourth-order valence-electron chi connectivity index (χ4n) is 2.13. The lowest BCUT2D eigenvalue weighted by molar-refractivity contribution is -0.144. The van der Waals surface area contributed by atoms with Gasteiger partial charge in [-0.05, 0) is 37.5 Å². The zero-order valence-electron chi connectivity index (χ0n) is 10.2. The van der Waals surface area contributed by atoms with Gasteiger partial charge >= 0.3 is 5.97 Å². The number of ether oxygens (including phenoxy) is 1. The van der Waals surface area contributed by atoms with Crippen LogP contribution in [0, 0.1) is 0 Å². The van der Waals surface area contributed by atoms with Crippen LogP contribution in [-0.4, -0.2) is 18.4 Å². The van der Waals surface area contributed by atoms with E-state index in [-0.39, 0.29) is 17.7 Å². The predicted molar refractivity (Wildman–Crippen MR) is 64.1 cm³/mol. The van der Waals surface area contributed by atoms with Gasteiger partial charge in [-0.3, -0.25) is 9.59 Å². The summed E-state index contributed by atoms with van der Waals surface area (Å²) in [5.41, 5.74) is 2.73. The average Bonchev–Trinajstić information content (AvgIpc) is 2.70. The monoisotopic (exact) mass is 232 g/mol. The van der Waals surface area contributed by atoms with E-state index in [0.717, 1.165) is 23.1 Å². The summed E-state index contributed by atoms with van der Waals surface area (Å²) in [5, 5.41) is 0. The number of aryl methyl sites for hydroxylation is 1. The number of carbonyl (C=O) groups excluding carboxylic acids is 2. The van der Waals surface area contributed by atoms with Gasteiger partial charge in [-0.15, -0.1) is 0 Å². The minimum Gasteiger partial charge on any atom is -0.466 e. The van der Waals surface area contributed by atoms with Gasteiger partial charge in [0.1, 0.15) is 0 Å². The maximum absolute atomic E-state index is 11.6. The van der Waals surface area contributed by atoms with Gasteiger partial charge in [-0.1, -0.05) is 12.1 Å². The number of fused-ring (bicyclic) bond motifs is 1. The van der Waals surface area contributed by atoms with Crippen LogP contribution >= 0.6 is 0 Å². The molecule has 0 unspecified atom stereocenters. The number of Topliss-reactive ketones (excluding diaryl/α,β-unsaturated/α-hetero) is 1. The van der Waals surface area contributed by atoms with Crippen LogP contribution in [0.5, 0.6) is 0 Å². The van der Waals surface area contributed by atoms with Crippen molar-refractivity contribution in [2.75, 3.05) is 6.61 Å². The third-order valence-corrected chi connectivity index (χ3v) is 3.20. The van der Waals surface area contributed by atoms with Gasteiger partial charge in [-0.2, -0.15) is 0 Å². The van der Waals surface area contributed by atoms with Gasteiger partial charge < -0.3 is 4.74 Å². The second-order valence-corrected chi connectivity index (χ2v) is 4.31. The minimum atomic E-state index is -0.311. The van der Waals surface area contributed by atoms with E-state index in [1.165, 1.54) is 0 Å². The van der Waals surface area contributed by atoms with Crippen molar-refractivity contribution in [3.8, 4) is 0 Å². The lowest BCUT2D eigenvalue weighted by atomic mass is 9.97. The van der Waals surface area contributed by atoms with E-state index in [9.17, 15) is 9.59 Å². The number of hydrogen-bond donors (Lipinski definition) is 0. The summed E-state index contributed by atoms with van der Waals surface area (Å²) < 4.78 is 4.98. The molecule has 0 radical (unpaired) electrons. The first-order valence-corrected chi connectivity index (χ1v) is 5.96. The molecule has 1 aromatic carbocycles. The molecular weight excluding hydrogens is 216 g/mol. The molecule has 1 aliphatic rings. The van der Waals surface area contributed by atoms with E-state index < -0.39 is 0 Å². The molecule has 0 amide bonds. The molecule has 0 fully saturated rings. The van der Waals surface area contributed by atoms with Crippen LogP contribution in [0.2, 0.25) is 0 Å². The van der Waals surface area contributed by atoms with Crippen LogP contribution in [0.15, 0.2) is 18.2 Å². The topological polar surface area (TPSA) is 43.4 Å². The van der Waals surface area contributed by atoms with E-state index in [1.54, 1.807) is 13.8 Å². The molecule has 90 valence electrons. The molecule has 1 aliphatic carbocycles. The Hall–Kier alpha value is -1.64. The molecule has 0 saturated heterocycles. The quantitative estimate of drug-likeness (QED) is 0.752. The van der Waals surface area contributed by atoms with E-state index in [2.05, 4.69) is 0 Å². The summed E-state index contributed by atoms with van der Waals surface area (Å²) in [7, 11) is 0. The number of ketones is 1. The second-order valence-electron chi connectivity index (χ2n) is 4.31. The summed E-state index contributed by atoms with van der Waals surface area (Å²) in [6.07, 6.45) is 1.41. The SMILES string of the molecule is CCOC(=O)[C@H](C)c1ccc2c(c1)C(=O)CC2. The minimum absolute atomic E-state index is 0.179. The Morgan fingerprint density at radius 3 is 2.88 bits per heavy atom. The molecule has 1 aromatic rings. The summed E-state index contributed by atoms with van der Waals surface area (Å²) in [5.74, 6) is -0.371. The summed E-state index contributed by atoms with van der Waals surface area (Å²) in [6, 6.07) is 5.70. The Balaban J connectivity index is 2.26. The second kappa shape index (κ2) is 4.70. The van der Waals surface area contributed by atoms with Crippen molar-refractivity contribution >= 4 is 11.8 Å². The highest BCUT2D eigenvalue weighted by atomic mass is 16.5. The van der Waals surface area contributed by atoms with Crippen LogP contribution in [0.4, 0.5) is 0 Å². The molecule has 0 spiro atoms. The van der Waals surface area contributed by atoms with Crippen molar-refractivity contribution in [3.05, 3.63) is 34.9 Å². The fourth-order valence-corrected chi connectivity index (χ4v) is 2.13. The summed E-state index contributed by atoms with van der Waals surface area (Å²) in [6.45, 7) is 3.98. The van der Waals surface area contributed by atoms with Crippen LogP contribution in [0.3, 0.4) is 0 Å². The lowest BCUT2D eigenvalue weighted by Gasteiger charge is -2.11. The normalized spacial score (nSPS) is 15.5. The zero-order chi connectivity index (χ0) is 12.4. The first-order chi connectivity index (χ1) is 8.13. The highest BCUT2D eigenvalue weighted by Gasteiger charge is 2.23. The van der Waals surface area contributed by atoms with E-state index >= 15 is 0 Å².